The maximum Gasteiger partial charge on any atom is 0.0514 e. The number of aliphatic hydroxyl groups is 2. The molecule has 0 aliphatic carbocycles. The molecule has 0 rings (SSSR count). The van der Waals surface area contributed by atoms with Gasteiger partial charge in [-0.2, -0.15) is 0 Å². The molecular weight excluding hydrogens is 152 g/mol. The maximum absolute atomic E-state index is 9.08. The summed E-state index contributed by atoms with van der Waals surface area (Å²) in [5.41, 5.74) is 0. The van der Waals surface area contributed by atoms with Crippen molar-refractivity contribution in [2.75, 3.05) is 0 Å². The van der Waals surface area contributed by atoms with Crippen LogP contribution in [0.4, 0.5) is 0 Å². The summed E-state index contributed by atoms with van der Waals surface area (Å²) < 4.78 is 0. The van der Waals surface area contributed by atoms with Gasteiger partial charge in [-0.05, 0) is 32.6 Å². The van der Waals surface area contributed by atoms with Crippen LogP contribution >= 0.6 is 0 Å². The van der Waals surface area contributed by atoms with E-state index in [9.17, 15) is 0 Å². The van der Waals surface area contributed by atoms with Gasteiger partial charge in [-0.1, -0.05) is 19.8 Å². The molecule has 0 fully saturated rings. The van der Waals surface area contributed by atoms with Crippen molar-refractivity contribution in [3.63, 3.8) is 0 Å². The van der Waals surface area contributed by atoms with Gasteiger partial charge in [0.1, 0.15) is 0 Å². The Morgan fingerprint density at radius 2 is 1.50 bits per heavy atom. The van der Waals surface area contributed by atoms with E-state index >= 15 is 0 Å². The summed E-state index contributed by atoms with van der Waals surface area (Å²) in [6.45, 7) is 5.79. The first-order valence-corrected chi connectivity index (χ1v) is 4.88. The quantitative estimate of drug-likeness (QED) is 0.646. The van der Waals surface area contributed by atoms with Gasteiger partial charge in [-0.25, -0.2) is 0 Å². The molecule has 0 aliphatic heterocycles. The molecule has 0 aromatic carbocycles. The van der Waals surface area contributed by atoms with E-state index in [4.69, 9.17) is 10.2 Å². The minimum atomic E-state index is -0.188. The Morgan fingerprint density at radius 1 is 0.917 bits per heavy atom. The SMILES string of the molecule is CC(O)CCCC(C)CC(C)O. The van der Waals surface area contributed by atoms with E-state index in [2.05, 4.69) is 6.92 Å². The van der Waals surface area contributed by atoms with Crippen molar-refractivity contribution < 1.29 is 10.2 Å². The Balaban J connectivity index is 3.25. The second kappa shape index (κ2) is 6.44. The zero-order valence-corrected chi connectivity index (χ0v) is 8.45. The molecule has 3 atom stereocenters. The highest BCUT2D eigenvalue weighted by molar-refractivity contribution is 4.58. The van der Waals surface area contributed by atoms with Crippen LogP contribution in [-0.4, -0.2) is 22.4 Å². The van der Waals surface area contributed by atoms with Gasteiger partial charge < -0.3 is 10.2 Å². The van der Waals surface area contributed by atoms with Crippen LogP contribution in [-0.2, 0) is 0 Å². The molecular formula is C10H22O2. The summed E-state index contributed by atoms with van der Waals surface area (Å²) in [5, 5.41) is 18.1. The molecule has 12 heavy (non-hydrogen) atoms. The molecule has 0 spiro atoms. The van der Waals surface area contributed by atoms with E-state index < -0.39 is 0 Å². The van der Waals surface area contributed by atoms with Gasteiger partial charge in [0.2, 0.25) is 0 Å². The fourth-order valence-electron chi connectivity index (χ4n) is 1.46. The van der Waals surface area contributed by atoms with E-state index in [1.165, 1.54) is 0 Å². The van der Waals surface area contributed by atoms with Crippen LogP contribution < -0.4 is 0 Å². The van der Waals surface area contributed by atoms with E-state index in [-0.39, 0.29) is 12.2 Å². The highest BCUT2D eigenvalue weighted by Crippen LogP contribution is 2.14. The summed E-state index contributed by atoms with van der Waals surface area (Å²) >= 11 is 0. The third-order valence-corrected chi connectivity index (χ3v) is 2.06. The average Bonchev–Trinajstić information content (AvgIpc) is 1.84. The first-order chi connectivity index (χ1) is 5.52. The monoisotopic (exact) mass is 174 g/mol. The van der Waals surface area contributed by atoms with Crippen LogP contribution in [0.1, 0.15) is 46.5 Å². The van der Waals surface area contributed by atoms with Crippen molar-refractivity contribution in [2.45, 2.75) is 58.7 Å². The Morgan fingerprint density at radius 3 is 1.92 bits per heavy atom. The Bertz CT molecular complexity index is 100. The van der Waals surface area contributed by atoms with Gasteiger partial charge >= 0.3 is 0 Å². The van der Waals surface area contributed by atoms with Gasteiger partial charge in [-0.3, -0.25) is 0 Å². The number of rotatable bonds is 6. The molecule has 0 aromatic rings. The Hall–Kier alpha value is -0.0800. The fraction of sp³-hybridized carbons (Fsp3) is 1.00. The third kappa shape index (κ3) is 8.02. The van der Waals surface area contributed by atoms with E-state index in [1.54, 1.807) is 0 Å². The summed E-state index contributed by atoms with van der Waals surface area (Å²) in [5.74, 6) is 0.573. The standard InChI is InChI=1S/C10H22O2/c1-8(7-10(3)12)5-4-6-9(2)11/h8-12H,4-7H2,1-3H3. The molecule has 0 bridgehead atoms. The fourth-order valence-corrected chi connectivity index (χ4v) is 1.46. The molecule has 0 aliphatic rings. The van der Waals surface area contributed by atoms with Crippen LogP contribution in [0, 0.1) is 5.92 Å². The lowest BCUT2D eigenvalue weighted by molar-refractivity contribution is 0.154. The van der Waals surface area contributed by atoms with Crippen molar-refractivity contribution in [3.05, 3.63) is 0 Å². The molecule has 3 unspecified atom stereocenters. The zero-order valence-electron chi connectivity index (χ0n) is 8.45. The van der Waals surface area contributed by atoms with Crippen LogP contribution in [0.15, 0.2) is 0 Å². The van der Waals surface area contributed by atoms with Crippen LogP contribution in [0.25, 0.3) is 0 Å². The normalized spacial score (nSPS) is 18.8. The first kappa shape index (κ1) is 11.9. The molecule has 2 nitrogen and oxygen atoms in total. The second-order valence-electron chi connectivity index (χ2n) is 3.97. The molecule has 0 heterocycles. The minimum absolute atomic E-state index is 0.177. The second-order valence-corrected chi connectivity index (χ2v) is 3.97. The molecule has 0 radical (unpaired) electrons. The molecule has 0 amide bonds. The molecule has 0 aromatic heterocycles. The summed E-state index contributed by atoms with van der Waals surface area (Å²) in [6, 6.07) is 0. The topological polar surface area (TPSA) is 40.5 Å². The summed E-state index contributed by atoms with van der Waals surface area (Å²) in [4.78, 5) is 0. The Kier molecular flexibility index (Phi) is 6.39. The van der Waals surface area contributed by atoms with E-state index in [0.717, 1.165) is 25.7 Å². The number of hydrogen-bond acceptors (Lipinski definition) is 2. The average molecular weight is 174 g/mol. The Labute approximate surface area is 75.6 Å². The largest absolute Gasteiger partial charge is 0.393 e. The predicted molar refractivity (Wildman–Crippen MR) is 51.0 cm³/mol. The van der Waals surface area contributed by atoms with E-state index in [1.807, 2.05) is 13.8 Å². The maximum atomic E-state index is 9.08. The van der Waals surface area contributed by atoms with Crippen molar-refractivity contribution in [2.24, 2.45) is 5.92 Å². The van der Waals surface area contributed by atoms with Crippen LogP contribution in [0.5, 0.6) is 0 Å². The van der Waals surface area contributed by atoms with Gasteiger partial charge in [0.15, 0.2) is 0 Å². The van der Waals surface area contributed by atoms with Crippen LogP contribution in [0.2, 0.25) is 0 Å². The third-order valence-electron chi connectivity index (χ3n) is 2.06. The molecule has 2 heteroatoms. The molecule has 0 saturated carbocycles. The van der Waals surface area contributed by atoms with Crippen molar-refractivity contribution in [1.82, 2.24) is 0 Å². The lowest BCUT2D eigenvalue weighted by Crippen LogP contribution is -2.08. The predicted octanol–water partition coefficient (Wildman–Crippen LogP) is 1.94. The highest BCUT2D eigenvalue weighted by Gasteiger charge is 2.06. The first-order valence-electron chi connectivity index (χ1n) is 4.88. The number of aliphatic hydroxyl groups excluding tert-OH is 2. The van der Waals surface area contributed by atoms with Crippen molar-refractivity contribution >= 4 is 0 Å². The minimum Gasteiger partial charge on any atom is -0.393 e. The smallest absolute Gasteiger partial charge is 0.0514 e. The van der Waals surface area contributed by atoms with Gasteiger partial charge in [0.05, 0.1) is 12.2 Å². The highest BCUT2D eigenvalue weighted by atomic mass is 16.3. The zero-order chi connectivity index (χ0) is 9.56. The molecule has 74 valence electrons. The lowest BCUT2D eigenvalue weighted by atomic mass is 9.97. The van der Waals surface area contributed by atoms with Gasteiger partial charge in [0, 0.05) is 0 Å². The molecule has 0 saturated heterocycles. The van der Waals surface area contributed by atoms with Gasteiger partial charge in [0.25, 0.3) is 0 Å². The van der Waals surface area contributed by atoms with E-state index in [0.29, 0.717) is 5.92 Å². The molecule has 2 N–H and O–H groups in total. The lowest BCUT2D eigenvalue weighted by Gasteiger charge is -2.13. The van der Waals surface area contributed by atoms with Crippen LogP contribution in [0.3, 0.4) is 0 Å². The van der Waals surface area contributed by atoms with Crippen molar-refractivity contribution in [1.29, 1.82) is 0 Å². The van der Waals surface area contributed by atoms with Crippen molar-refractivity contribution in [3.8, 4) is 0 Å². The summed E-state index contributed by atoms with van der Waals surface area (Å²) in [6.07, 6.45) is 3.56. The summed E-state index contributed by atoms with van der Waals surface area (Å²) in [7, 11) is 0. The van der Waals surface area contributed by atoms with Gasteiger partial charge in [-0.15, -0.1) is 0 Å². The number of hydrogen-bond donors (Lipinski definition) is 2.